The fraction of sp³-hybridized carbons (Fsp3) is 0.469. The molecule has 9 heteroatoms. The molecule has 2 aromatic carbocycles. The van der Waals surface area contributed by atoms with Crippen LogP contribution in [0.2, 0.25) is 0 Å². The van der Waals surface area contributed by atoms with E-state index < -0.39 is 12.1 Å². The zero-order valence-corrected chi connectivity index (χ0v) is 24.3. The molecule has 1 fully saturated rings. The van der Waals surface area contributed by atoms with Crippen molar-refractivity contribution in [2.24, 2.45) is 17.8 Å². The van der Waals surface area contributed by atoms with E-state index >= 15 is 0 Å². The summed E-state index contributed by atoms with van der Waals surface area (Å²) in [6, 6.07) is 5.99. The summed E-state index contributed by atoms with van der Waals surface area (Å²) in [5.41, 5.74) is 3.16. The molecule has 5 atom stereocenters. The van der Waals surface area contributed by atoms with Crippen molar-refractivity contribution in [1.82, 2.24) is 10.6 Å². The average Bonchev–Trinajstić information content (AvgIpc) is 3.51. The second-order valence-corrected chi connectivity index (χ2v) is 11.2. The number of hydrogen-bond acceptors (Lipinski definition) is 7. The number of methoxy groups -OCH3 is 3. The first-order valence-electron chi connectivity index (χ1n) is 14.2. The predicted molar refractivity (Wildman–Crippen MR) is 158 cm³/mol. The van der Waals surface area contributed by atoms with E-state index in [2.05, 4.69) is 28.1 Å². The summed E-state index contributed by atoms with van der Waals surface area (Å²) in [4.78, 5) is 38.7. The molecule has 9 nitrogen and oxygen atoms in total. The Morgan fingerprint density at radius 2 is 1.80 bits per heavy atom. The molecule has 3 aliphatic rings. The number of benzene rings is 1. The van der Waals surface area contributed by atoms with Crippen molar-refractivity contribution < 1.29 is 23.8 Å². The fourth-order valence-electron chi connectivity index (χ4n) is 6.64. The van der Waals surface area contributed by atoms with Gasteiger partial charge in [0.15, 0.2) is 11.5 Å². The molecule has 1 saturated carbocycles. The summed E-state index contributed by atoms with van der Waals surface area (Å²) < 4.78 is 17.1. The van der Waals surface area contributed by atoms with Crippen LogP contribution in [0.4, 0.5) is 5.69 Å². The quantitative estimate of drug-likeness (QED) is 0.397. The molecular weight excluding hydrogens is 522 g/mol. The first-order chi connectivity index (χ1) is 19.7. The van der Waals surface area contributed by atoms with Crippen LogP contribution in [0.15, 0.2) is 41.2 Å². The Morgan fingerprint density at radius 1 is 1.02 bits per heavy atom. The summed E-state index contributed by atoms with van der Waals surface area (Å²) >= 11 is 0. The lowest BCUT2D eigenvalue weighted by Crippen LogP contribution is -2.41. The normalized spacial score (nSPS) is 22.6. The molecule has 2 amide bonds. The largest absolute Gasteiger partial charge is 0.493 e. The maximum atomic E-state index is 13.5. The molecule has 0 aliphatic heterocycles. The number of amides is 2. The van der Waals surface area contributed by atoms with Crippen LogP contribution in [0.1, 0.15) is 50.3 Å². The highest BCUT2D eigenvalue weighted by Crippen LogP contribution is 2.50. The molecule has 2 bridgehead atoms. The van der Waals surface area contributed by atoms with E-state index in [1.165, 1.54) is 13.3 Å². The highest BCUT2D eigenvalue weighted by atomic mass is 16.5. The lowest BCUT2D eigenvalue weighted by molar-refractivity contribution is -0.122. The summed E-state index contributed by atoms with van der Waals surface area (Å²) in [5.74, 6) is 2.80. The SMILES string of the molecule is COc1cc2c(c(OC)c1OC)-c1ccc(N[C@@H](C)C(=O)NC[C@@H]3C[C@@H]4C=C[C@H]3C4)c(=O)cc1[C@@H](NC(C)=O)CC2. The molecular formula is C32H39N3O6. The molecule has 218 valence electrons. The van der Waals surface area contributed by atoms with Gasteiger partial charge in [0.1, 0.15) is 6.04 Å². The van der Waals surface area contributed by atoms with E-state index in [1.54, 1.807) is 40.4 Å². The molecule has 0 unspecified atom stereocenters. The van der Waals surface area contributed by atoms with Crippen LogP contribution in [0, 0.1) is 17.8 Å². The van der Waals surface area contributed by atoms with Gasteiger partial charge in [-0.25, -0.2) is 0 Å². The highest BCUT2D eigenvalue weighted by Gasteiger charge is 2.36. The van der Waals surface area contributed by atoms with Crippen molar-refractivity contribution in [1.29, 1.82) is 0 Å². The number of carbonyl (C=O) groups is 2. The van der Waals surface area contributed by atoms with Gasteiger partial charge in [-0.05, 0) is 85.3 Å². The first-order valence-corrected chi connectivity index (χ1v) is 14.2. The van der Waals surface area contributed by atoms with Crippen molar-refractivity contribution in [2.75, 3.05) is 33.2 Å². The number of ether oxygens (including phenoxy) is 3. The van der Waals surface area contributed by atoms with Crippen LogP contribution in [0.3, 0.4) is 0 Å². The topological polar surface area (TPSA) is 115 Å². The van der Waals surface area contributed by atoms with Gasteiger partial charge in [-0.15, -0.1) is 0 Å². The first kappa shape index (κ1) is 28.5. The van der Waals surface area contributed by atoms with Gasteiger partial charge in [0.2, 0.25) is 23.0 Å². The van der Waals surface area contributed by atoms with Gasteiger partial charge >= 0.3 is 0 Å². The van der Waals surface area contributed by atoms with Crippen LogP contribution >= 0.6 is 0 Å². The lowest BCUT2D eigenvalue weighted by Gasteiger charge is -2.20. The van der Waals surface area contributed by atoms with Gasteiger partial charge in [0, 0.05) is 19.0 Å². The Hall–Kier alpha value is -4.01. The van der Waals surface area contributed by atoms with E-state index in [4.69, 9.17) is 14.2 Å². The van der Waals surface area contributed by atoms with Gasteiger partial charge in [-0.2, -0.15) is 0 Å². The van der Waals surface area contributed by atoms with E-state index in [1.807, 2.05) is 12.1 Å². The molecule has 0 heterocycles. The molecule has 0 spiro atoms. The zero-order chi connectivity index (χ0) is 29.3. The fourth-order valence-corrected chi connectivity index (χ4v) is 6.64. The minimum atomic E-state index is -0.614. The highest BCUT2D eigenvalue weighted by molar-refractivity contribution is 5.85. The van der Waals surface area contributed by atoms with Crippen molar-refractivity contribution in [3.63, 3.8) is 0 Å². The average molecular weight is 562 g/mol. The second kappa shape index (κ2) is 11.8. The van der Waals surface area contributed by atoms with Crippen LogP contribution < -0.4 is 35.6 Å². The van der Waals surface area contributed by atoms with Crippen LogP contribution in [-0.4, -0.2) is 45.7 Å². The minimum absolute atomic E-state index is 0.149. The molecule has 41 heavy (non-hydrogen) atoms. The molecule has 3 N–H and O–H groups in total. The zero-order valence-electron chi connectivity index (χ0n) is 24.3. The number of nitrogens with one attached hydrogen (secondary N) is 3. The number of carbonyl (C=O) groups excluding carboxylic acids is 2. The third kappa shape index (κ3) is 5.62. The lowest BCUT2D eigenvalue weighted by atomic mass is 9.93. The van der Waals surface area contributed by atoms with Crippen molar-refractivity contribution in [3.8, 4) is 28.4 Å². The molecule has 5 rings (SSSR count). The summed E-state index contributed by atoms with van der Waals surface area (Å²) in [7, 11) is 4.69. The Morgan fingerprint density at radius 3 is 2.44 bits per heavy atom. The number of anilines is 1. The Balaban J connectivity index is 1.49. The molecule has 3 aliphatic carbocycles. The molecule has 0 radical (unpaired) electrons. The number of rotatable bonds is 9. The van der Waals surface area contributed by atoms with Crippen LogP contribution in [-0.2, 0) is 16.0 Å². The van der Waals surface area contributed by atoms with E-state index in [-0.39, 0.29) is 17.2 Å². The third-order valence-electron chi connectivity index (χ3n) is 8.64. The monoisotopic (exact) mass is 561 g/mol. The second-order valence-electron chi connectivity index (χ2n) is 11.2. The summed E-state index contributed by atoms with van der Waals surface area (Å²) in [5, 5.41) is 9.21. The molecule has 0 aromatic heterocycles. The van der Waals surface area contributed by atoms with E-state index in [0.29, 0.717) is 65.6 Å². The van der Waals surface area contributed by atoms with E-state index in [0.717, 1.165) is 23.1 Å². The number of allylic oxidation sites excluding steroid dienone is 2. The summed E-state index contributed by atoms with van der Waals surface area (Å²) in [6.07, 6.45) is 8.05. The standard InChI is InChI=1S/C32H39N3O6/c1-17(32(38)33-16-22-13-19-6-7-20(22)12-19)34-26-11-9-23-24(15-27(26)37)25(35-18(2)36)10-8-21-14-28(39-3)30(40-4)31(41-5)29(21)23/h6-7,9,11,14-15,17,19-20,22,25H,8,10,12-13,16H2,1-5H3,(H,33,38)(H,34,37)(H,35,36)/t17-,19+,20-,22-,25-/m0/s1. The Bertz CT molecular complexity index is 1440. The van der Waals surface area contributed by atoms with Crippen molar-refractivity contribution in [2.45, 2.75) is 51.6 Å². The number of aryl methyl sites for hydroxylation is 1. The van der Waals surface area contributed by atoms with E-state index in [9.17, 15) is 14.4 Å². The smallest absolute Gasteiger partial charge is 0.242 e. The van der Waals surface area contributed by atoms with Gasteiger partial charge in [0.05, 0.1) is 33.1 Å². The van der Waals surface area contributed by atoms with Crippen molar-refractivity contribution >= 4 is 17.5 Å². The maximum absolute atomic E-state index is 13.5. The Labute approximate surface area is 240 Å². The van der Waals surface area contributed by atoms with Crippen molar-refractivity contribution in [3.05, 3.63) is 57.8 Å². The van der Waals surface area contributed by atoms with Crippen LogP contribution in [0.25, 0.3) is 11.1 Å². The van der Waals surface area contributed by atoms with Gasteiger partial charge in [0.25, 0.3) is 0 Å². The van der Waals surface area contributed by atoms with Gasteiger partial charge in [-0.1, -0.05) is 18.2 Å². The van der Waals surface area contributed by atoms with Gasteiger partial charge in [-0.3, -0.25) is 14.4 Å². The van der Waals surface area contributed by atoms with Gasteiger partial charge < -0.3 is 30.2 Å². The summed E-state index contributed by atoms with van der Waals surface area (Å²) in [6.45, 7) is 3.85. The Kier molecular flexibility index (Phi) is 8.24. The maximum Gasteiger partial charge on any atom is 0.242 e. The molecule has 0 saturated heterocycles. The third-order valence-corrected chi connectivity index (χ3v) is 8.64. The number of hydrogen-bond donors (Lipinski definition) is 3. The predicted octanol–water partition coefficient (Wildman–Crippen LogP) is 3.99. The minimum Gasteiger partial charge on any atom is -0.493 e. The number of fused-ring (bicyclic) bond motifs is 5. The molecule has 2 aromatic rings. The van der Waals surface area contributed by atoms with Crippen LogP contribution in [0.5, 0.6) is 17.2 Å².